The molecule has 0 N–H and O–H groups in total. The van der Waals surface area contributed by atoms with Crippen molar-refractivity contribution in [1.82, 2.24) is 14.7 Å². The van der Waals surface area contributed by atoms with Gasteiger partial charge in [-0.1, -0.05) is 0 Å². The van der Waals surface area contributed by atoms with Gasteiger partial charge in [-0.25, -0.2) is 0 Å². The highest BCUT2D eigenvalue weighted by atomic mass is 19.4. The molecule has 0 saturated carbocycles. The Morgan fingerprint density at radius 3 is 2.34 bits per heavy atom. The minimum atomic E-state index is -4.52. The number of amides is 3. The lowest BCUT2D eigenvalue weighted by molar-refractivity contribution is -0.157. The Hall–Kier alpha value is -2.33. The van der Waals surface area contributed by atoms with Gasteiger partial charge in [0.05, 0.1) is 25.0 Å². The van der Waals surface area contributed by atoms with Crippen LogP contribution >= 0.6 is 0 Å². The number of ether oxygens (including phenoxy) is 1. The zero-order valence-corrected chi connectivity index (χ0v) is 16.5. The molecule has 2 rings (SSSR count). The Bertz CT molecular complexity index is 647. The number of rotatable bonds is 6. The summed E-state index contributed by atoms with van der Waals surface area (Å²) in [5.41, 5.74) is 0. The fourth-order valence-electron chi connectivity index (χ4n) is 3.62. The summed E-state index contributed by atoms with van der Waals surface area (Å²) in [4.78, 5) is 51.7. The molecule has 2 saturated heterocycles. The third-order valence-corrected chi connectivity index (χ3v) is 5.15. The van der Waals surface area contributed by atoms with Crippen molar-refractivity contribution >= 4 is 23.7 Å². The van der Waals surface area contributed by atoms with Gasteiger partial charge in [-0.05, 0) is 19.8 Å². The number of likely N-dealkylation sites (tertiary alicyclic amines) is 2. The van der Waals surface area contributed by atoms with E-state index in [1.807, 2.05) is 0 Å². The number of likely N-dealkylation sites (N-methyl/N-ethyl adjacent to an activating group) is 1. The first-order valence-corrected chi connectivity index (χ1v) is 9.55. The fourth-order valence-corrected chi connectivity index (χ4v) is 3.62. The number of carbonyl (C=O) groups excluding carboxylic acids is 4. The summed E-state index contributed by atoms with van der Waals surface area (Å²) in [6.07, 6.45) is -3.86. The highest BCUT2D eigenvalue weighted by molar-refractivity contribution is 5.91. The predicted octanol–water partition coefficient (Wildman–Crippen LogP) is 0.657. The van der Waals surface area contributed by atoms with Gasteiger partial charge in [0.15, 0.2) is 0 Å². The first-order chi connectivity index (χ1) is 13.5. The van der Waals surface area contributed by atoms with Crippen molar-refractivity contribution in [3.8, 4) is 0 Å². The van der Waals surface area contributed by atoms with Gasteiger partial charge in [-0.2, -0.15) is 13.2 Å². The number of esters is 1. The maximum atomic E-state index is 12.5. The number of alkyl halides is 3. The lowest BCUT2D eigenvalue weighted by atomic mass is 9.97. The molecule has 0 radical (unpaired) electrons. The van der Waals surface area contributed by atoms with Gasteiger partial charge < -0.3 is 19.4 Å². The summed E-state index contributed by atoms with van der Waals surface area (Å²) in [5.74, 6) is -2.97. The molecule has 1 atom stereocenters. The molecule has 29 heavy (non-hydrogen) atoms. The monoisotopic (exact) mass is 421 g/mol. The Morgan fingerprint density at radius 2 is 1.79 bits per heavy atom. The predicted molar refractivity (Wildman–Crippen MR) is 94.3 cm³/mol. The van der Waals surface area contributed by atoms with E-state index in [1.165, 1.54) is 7.05 Å². The molecule has 0 aromatic heterocycles. The van der Waals surface area contributed by atoms with E-state index in [0.717, 1.165) is 4.90 Å². The van der Waals surface area contributed by atoms with Crippen LogP contribution in [0.4, 0.5) is 13.2 Å². The Balaban J connectivity index is 1.82. The zero-order valence-electron chi connectivity index (χ0n) is 16.5. The summed E-state index contributed by atoms with van der Waals surface area (Å²) in [6.45, 7) is 0.844. The van der Waals surface area contributed by atoms with Crippen LogP contribution in [-0.2, 0) is 23.9 Å². The lowest BCUT2D eigenvalue weighted by Gasteiger charge is -2.32. The summed E-state index contributed by atoms with van der Waals surface area (Å²) >= 11 is 0. The smallest absolute Gasteiger partial charge is 0.406 e. The second-order valence-corrected chi connectivity index (χ2v) is 7.39. The molecule has 0 aromatic rings. The number of halogens is 3. The van der Waals surface area contributed by atoms with Crippen molar-refractivity contribution < 1.29 is 37.1 Å². The van der Waals surface area contributed by atoms with Crippen molar-refractivity contribution in [1.29, 1.82) is 0 Å². The molecule has 2 fully saturated rings. The average molecular weight is 421 g/mol. The minimum absolute atomic E-state index is 0.229. The Labute approximate surface area is 166 Å². The largest absolute Gasteiger partial charge is 0.466 e. The molecule has 0 aromatic carbocycles. The minimum Gasteiger partial charge on any atom is -0.466 e. The number of hydrogen-bond acceptors (Lipinski definition) is 5. The van der Waals surface area contributed by atoms with Crippen molar-refractivity contribution in [2.24, 2.45) is 11.8 Å². The van der Waals surface area contributed by atoms with Crippen LogP contribution in [0, 0.1) is 11.8 Å². The van der Waals surface area contributed by atoms with Crippen molar-refractivity contribution in [2.75, 3.05) is 46.4 Å². The maximum absolute atomic E-state index is 12.5. The van der Waals surface area contributed by atoms with Crippen LogP contribution in [0.25, 0.3) is 0 Å². The molecule has 2 aliphatic heterocycles. The fraction of sp³-hybridized carbons (Fsp3) is 0.778. The van der Waals surface area contributed by atoms with E-state index in [0.29, 0.717) is 37.4 Å². The Kier molecular flexibility index (Phi) is 7.48. The molecule has 2 aliphatic rings. The summed E-state index contributed by atoms with van der Waals surface area (Å²) in [6, 6.07) is 0. The standard InChI is InChI=1S/C18H26F3N3O5/c1-3-29-17(28)12-4-6-23(7-5-12)15(26)10-22(2)16(27)13-8-14(25)24(9-13)11-18(19,20)21/h12-13H,3-11H2,1-2H3. The molecule has 3 amide bonds. The number of hydrogen-bond donors (Lipinski definition) is 0. The summed E-state index contributed by atoms with van der Waals surface area (Å²) in [7, 11) is 1.39. The third kappa shape index (κ3) is 6.33. The summed E-state index contributed by atoms with van der Waals surface area (Å²) in [5, 5.41) is 0. The molecule has 0 bridgehead atoms. The molecule has 0 aliphatic carbocycles. The number of nitrogens with zero attached hydrogens (tertiary/aromatic N) is 3. The van der Waals surface area contributed by atoms with E-state index in [-0.39, 0.29) is 37.3 Å². The van der Waals surface area contributed by atoms with Crippen LogP contribution in [-0.4, -0.2) is 90.9 Å². The number of carbonyl (C=O) groups is 4. The molecule has 0 spiro atoms. The van der Waals surface area contributed by atoms with Gasteiger partial charge in [-0.15, -0.1) is 0 Å². The molecule has 8 nitrogen and oxygen atoms in total. The second-order valence-electron chi connectivity index (χ2n) is 7.39. The van der Waals surface area contributed by atoms with Crippen molar-refractivity contribution in [2.45, 2.75) is 32.4 Å². The molecular formula is C18H26F3N3O5. The molecule has 1 unspecified atom stereocenters. The molecule has 2 heterocycles. The van der Waals surface area contributed by atoms with E-state index in [1.54, 1.807) is 11.8 Å². The van der Waals surface area contributed by atoms with Gasteiger partial charge in [0.1, 0.15) is 6.54 Å². The third-order valence-electron chi connectivity index (χ3n) is 5.15. The first kappa shape index (κ1) is 23.0. The van der Waals surface area contributed by atoms with E-state index < -0.39 is 30.5 Å². The molecular weight excluding hydrogens is 395 g/mol. The second kappa shape index (κ2) is 9.45. The van der Waals surface area contributed by atoms with Crippen LogP contribution in [0.3, 0.4) is 0 Å². The van der Waals surface area contributed by atoms with E-state index >= 15 is 0 Å². The highest BCUT2D eigenvalue weighted by Gasteiger charge is 2.41. The van der Waals surface area contributed by atoms with Crippen LogP contribution in [0.1, 0.15) is 26.2 Å². The van der Waals surface area contributed by atoms with E-state index in [4.69, 9.17) is 4.74 Å². The quantitative estimate of drug-likeness (QED) is 0.588. The van der Waals surface area contributed by atoms with Crippen LogP contribution in [0.15, 0.2) is 0 Å². The van der Waals surface area contributed by atoms with Gasteiger partial charge in [-0.3, -0.25) is 19.2 Å². The molecule has 11 heteroatoms. The van der Waals surface area contributed by atoms with E-state index in [2.05, 4.69) is 0 Å². The van der Waals surface area contributed by atoms with Crippen LogP contribution in [0.2, 0.25) is 0 Å². The molecule has 164 valence electrons. The van der Waals surface area contributed by atoms with Gasteiger partial charge in [0.2, 0.25) is 17.7 Å². The van der Waals surface area contributed by atoms with Crippen molar-refractivity contribution in [3.63, 3.8) is 0 Å². The van der Waals surface area contributed by atoms with Gasteiger partial charge in [0.25, 0.3) is 0 Å². The van der Waals surface area contributed by atoms with Gasteiger partial charge >= 0.3 is 12.1 Å². The average Bonchev–Trinajstić information content (AvgIpc) is 3.00. The number of piperidine rings is 1. The summed E-state index contributed by atoms with van der Waals surface area (Å²) < 4.78 is 42.5. The highest BCUT2D eigenvalue weighted by Crippen LogP contribution is 2.25. The van der Waals surface area contributed by atoms with Gasteiger partial charge in [0, 0.05) is 33.1 Å². The first-order valence-electron chi connectivity index (χ1n) is 9.55. The lowest BCUT2D eigenvalue weighted by Crippen LogP contribution is -2.47. The SMILES string of the molecule is CCOC(=O)C1CCN(C(=O)CN(C)C(=O)C2CC(=O)N(CC(F)(F)F)C2)CC1. The van der Waals surface area contributed by atoms with Crippen LogP contribution in [0.5, 0.6) is 0 Å². The van der Waals surface area contributed by atoms with Crippen LogP contribution < -0.4 is 0 Å². The maximum Gasteiger partial charge on any atom is 0.406 e. The zero-order chi connectivity index (χ0) is 21.8. The Morgan fingerprint density at radius 1 is 1.17 bits per heavy atom. The topological polar surface area (TPSA) is 87.2 Å². The van der Waals surface area contributed by atoms with E-state index in [9.17, 15) is 32.3 Å². The van der Waals surface area contributed by atoms with Crippen molar-refractivity contribution in [3.05, 3.63) is 0 Å². The normalized spacial score (nSPS) is 20.7.